The van der Waals surface area contributed by atoms with E-state index in [1.807, 2.05) is 12.1 Å². The summed E-state index contributed by atoms with van der Waals surface area (Å²) in [4.78, 5) is 5.18. The van der Waals surface area contributed by atoms with Crippen LogP contribution in [0.15, 0.2) is 24.3 Å². The third kappa shape index (κ3) is 5.80. The van der Waals surface area contributed by atoms with E-state index in [2.05, 4.69) is 28.9 Å². The standard InChI is InChI=1S/C17H27N3O.2ClH/c1-14-12-20(9-10-21-14)17-5-7-19(8-6-17)13-15-3-2-4-16(18)11-15;;/h2-4,11,14,17H,5-10,12-13,18H2,1H3;2*1H. The minimum absolute atomic E-state index is 0. The number of piperidine rings is 1. The van der Waals surface area contributed by atoms with Gasteiger partial charge in [-0.25, -0.2) is 0 Å². The van der Waals surface area contributed by atoms with Gasteiger partial charge in [0, 0.05) is 31.4 Å². The van der Waals surface area contributed by atoms with Crippen molar-refractivity contribution in [1.82, 2.24) is 9.80 Å². The molecule has 2 heterocycles. The molecule has 0 aliphatic carbocycles. The van der Waals surface area contributed by atoms with Crippen LogP contribution in [0.25, 0.3) is 0 Å². The first kappa shape index (κ1) is 20.5. The van der Waals surface area contributed by atoms with Gasteiger partial charge in [0.25, 0.3) is 0 Å². The molecule has 1 aromatic carbocycles. The largest absolute Gasteiger partial charge is 0.399 e. The molecular formula is C17H29Cl2N3O. The van der Waals surface area contributed by atoms with E-state index in [0.717, 1.165) is 38.0 Å². The molecule has 0 bridgehead atoms. The third-order valence-corrected chi connectivity index (χ3v) is 4.70. The first-order valence-electron chi connectivity index (χ1n) is 8.13. The molecule has 4 nitrogen and oxygen atoms in total. The van der Waals surface area contributed by atoms with Crippen LogP contribution in [-0.2, 0) is 11.3 Å². The highest BCUT2D eigenvalue weighted by atomic mass is 35.5. The van der Waals surface area contributed by atoms with Crippen molar-refractivity contribution in [1.29, 1.82) is 0 Å². The number of rotatable bonds is 3. The fourth-order valence-electron chi connectivity index (χ4n) is 3.57. The predicted molar refractivity (Wildman–Crippen MR) is 101 cm³/mol. The van der Waals surface area contributed by atoms with Crippen molar-refractivity contribution < 1.29 is 4.74 Å². The molecule has 1 atom stereocenters. The Bertz CT molecular complexity index is 467. The zero-order valence-electron chi connectivity index (χ0n) is 13.8. The van der Waals surface area contributed by atoms with Crippen LogP contribution in [0.5, 0.6) is 0 Å². The lowest BCUT2D eigenvalue weighted by molar-refractivity contribution is -0.0437. The molecule has 132 valence electrons. The summed E-state index contributed by atoms with van der Waals surface area (Å²) in [5, 5.41) is 0. The van der Waals surface area contributed by atoms with Gasteiger partial charge >= 0.3 is 0 Å². The highest BCUT2D eigenvalue weighted by Gasteiger charge is 2.27. The zero-order chi connectivity index (χ0) is 14.7. The lowest BCUT2D eigenvalue weighted by atomic mass is 10.0. The van der Waals surface area contributed by atoms with Crippen molar-refractivity contribution in [2.75, 3.05) is 38.5 Å². The second kappa shape index (κ2) is 9.70. The predicted octanol–water partition coefficient (Wildman–Crippen LogP) is 2.80. The van der Waals surface area contributed by atoms with E-state index < -0.39 is 0 Å². The fraction of sp³-hybridized carbons (Fsp3) is 0.647. The van der Waals surface area contributed by atoms with Crippen LogP contribution in [0.2, 0.25) is 0 Å². The number of likely N-dealkylation sites (tertiary alicyclic amines) is 1. The Morgan fingerprint density at radius 3 is 2.57 bits per heavy atom. The third-order valence-electron chi connectivity index (χ3n) is 4.70. The number of hydrogen-bond donors (Lipinski definition) is 1. The summed E-state index contributed by atoms with van der Waals surface area (Å²) in [6, 6.07) is 9.01. The Labute approximate surface area is 152 Å². The van der Waals surface area contributed by atoms with Crippen molar-refractivity contribution in [3.05, 3.63) is 29.8 Å². The highest BCUT2D eigenvalue weighted by molar-refractivity contribution is 5.85. The molecule has 0 spiro atoms. The van der Waals surface area contributed by atoms with E-state index in [4.69, 9.17) is 10.5 Å². The van der Waals surface area contributed by atoms with Crippen LogP contribution in [-0.4, -0.2) is 54.7 Å². The zero-order valence-corrected chi connectivity index (χ0v) is 15.5. The number of nitrogens with zero attached hydrogens (tertiary/aromatic N) is 2. The normalized spacial score (nSPS) is 23.8. The molecule has 1 aromatic rings. The van der Waals surface area contributed by atoms with Gasteiger partial charge in [-0.3, -0.25) is 9.80 Å². The second-order valence-electron chi connectivity index (χ2n) is 6.43. The van der Waals surface area contributed by atoms with Gasteiger partial charge in [0.1, 0.15) is 0 Å². The number of nitrogen functional groups attached to an aromatic ring is 1. The Kier molecular flexibility index (Phi) is 8.65. The highest BCUT2D eigenvalue weighted by Crippen LogP contribution is 2.21. The topological polar surface area (TPSA) is 41.7 Å². The second-order valence-corrected chi connectivity index (χ2v) is 6.43. The molecule has 6 heteroatoms. The van der Waals surface area contributed by atoms with E-state index in [1.165, 1.54) is 31.5 Å². The Hall–Kier alpha value is -0.520. The number of hydrogen-bond acceptors (Lipinski definition) is 4. The van der Waals surface area contributed by atoms with Gasteiger partial charge in [-0.1, -0.05) is 12.1 Å². The van der Waals surface area contributed by atoms with E-state index in [0.29, 0.717) is 6.10 Å². The number of halogens is 2. The molecular weight excluding hydrogens is 333 g/mol. The van der Waals surface area contributed by atoms with Gasteiger partial charge in [-0.05, 0) is 50.6 Å². The van der Waals surface area contributed by atoms with Gasteiger partial charge < -0.3 is 10.5 Å². The van der Waals surface area contributed by atoms with E-state index >= 15 is 0 Å². The lowest BCUT2D eigenvalue weighted by Gasteiger charge is -2.41. The van der Waals surface area contributed by atoms with Crippen LogP contribution in [0.3, 0.4) is 0 Å². The van der Waals surface area contributed by atoms with Crippen molar-refractivity contribution in [3.63, 3.8) is 0 Å². The molecule has 2 aliphatic rings. The average Bonchev–Trinajstić information content (AvgIpc) is 2.48. The Balaban J connectivity index is 0.00000132. The van der Waals surface area contributed by atoms with Gasteiger partial charge in [0.05, 0.1) is 12.7 Å². The van der Waals surface area contributed by atoms with E-state index in [1.54, 1.807) is 0 Å². The molecule has 2 saturated heterocycles. The number of anilines is 1. The lowest BCUT2D eigenvalue weighted by Crippen LogP contribution is -2.50. The maximum absolute atomic E-state index is 5.86. The Morgan fingerprint density at radius 1 is 1.17 bits per heavy atom. The summed E-state index contributed by atoms with van der Waals surface area (Å²) in [5.74, 6) is 0. The number of benzene rings is 1. The number of morpholine rings is 1. The summed E-state index contributed by atoms with van der Waals surface area (Å²) in [5.41, 5.74) is 8.05. The van der Waals surface area contributed by atoms with Crippen molar-refractivity contribution in [3.8, 4) is 0 Å². The Morgan fingerprint density at radius 2 is 1.91 bits per heavy atom. The monoisotopic (exact) mass is 361 g/mol. The van der Waals surface area contributed by atoms with Gasteiger partial charge in [-0.15, -0.1) is 24.8 Å². The average molecular weight is 362 g/mol. The molecule has 0 radical (unpaired) electrons. The van der Waals surface area contributed by atoms with Crippen molar-refractivity contribution in [2.24, 2.45) is 0 Å². The minimum atomic E-state index is 0. The van der Waals surface area contributed by atoms with Gasteiger partial charge in [-0.2, -0.15) is 0 Å². The van der Waals surface area contributed by atoms with Crippen LogP contribution in [0, 0.1) is 0 Å². The van der Waals surface area contributed by atoms with Crippen LogP contribution in [0.4, 0.5) is 5.69 Å². The minimum Gasteiger partial charge on any atom is -0.399 e. The van der Waals surface area contributed by atoms with E-state index in [-0.39, 0.29) is 24.8 Å². The SMILES string of the molecule is CC1CN(C2CCN(Cc3cccc(N)c3)CC2)CCO1.Cl.Cl. The van der Waals surface area contributed by atoms with Gasteiger partial charge in [0.15, 0.2) is 0 Å². The molecule has 23 heavy (non-hydrogen) atoms. The molecule has 2 fully saturated rings. The first-order chi connectivity index (χ1) is 10.2. The van der Waals surface area contributed by atoms with Crippen LogP contribution < -0.4 is 5.73 Å². The number of nitrogens with two attached hydrogens (primary N) is 1. The summed E-state index contributed by atoms with van der Waals surface area (Å²) < 4.78 is 5.65. The molecule has 1 unspecified atom stereocenters. The van der Waals surface area contributed by atoms with Crippen molar-refractivity contribution >= 4 is 30.5 Å². The quantitative estimate of drug-likeness (QED) is 0.840. The first-order valence-corrected chi connectivity index (χ1v) is 8.13. The van der Waals surface area contributed by atoms with Crippen LogP contribution >= 0.6 is 24.8 Å². The maximum atomic E-state index is 5.86. The molecule has 2 N–H and O–H groups in total. The van der Waals surface area contributed by atoms with Crippen molar-refractivity contribution in [2.45, 2.75) is 38.5 Å². The van der Waals surface area contributed by atoms with Gasteiger partial charge in [0.2, 0.25) is 0 Å². The summed E-state index contributed by atoms with van der Waals surface area (Å²) >= 11 is 0. The molecule has 2 aliphatic heterocycles. The maximum Gasteiger partial charge on any atom is 0.0674 e. The smallest absolute Gasteiger partial charge is 0.0674 e. The summed E-state index contributed by atoms with van der Waals surface area (Å²) in [6.45, 7) is 8.67. The summed E-state index contributed by atoms with van der Waals surface area (Å²) in [6.07, 6.45) is 2.94. The van der Waals surface area contributed by atoms with Crippen LogP contribution in [0.1, 0.15) is 25.3 Å². The summed E-state index contributed by atoms with van der Waals surface area (Å²) in [7, 11) is 0. The molecule has 0 aromatic heterocycles. The molecule has 0 amide bonds. The van der Waals surface area contributed by atoms with E-state index in [9.17, 15) is 0 Å². The number of ether oxygens (including phenoxy) is 1. The fourth-order valence-corrected chi connectivity index (χ4v) is 3.57. The molecule has 3 rings (SSSR count). The molecule has 0 saturated carbocycles.